The average molecular weight is 282 g/mol. The molecule has 0 heterocycles. The van der Waals surface area contributed by atoms with Crippen LogP contribution >= 0.6 is 22.6 Å². The minimum atomic E-state index is 0.571. The number of alkyl halides is 1. The molecule has 0 aromatic carbocycles. The minimum absolute atomic E-state index is 0.571. The molecule has 1 aliphatic carbocycles. The zero-order valence-corrected chi connectivity index (χ0v) is 10.2. The van der Waals surface area contributed by atoms with Crippen LogP contribution in [0.4, 0.5) is 0 Å². The van der Waals surface area contributed by atoms with E-state index in [1.165, 1.54) is 25.7 Å². The van der Waals surface area contributed by atoms with Crippen LogP contribution in [0.5, 0.6) is 0 Å². The van der Waals surface area contributed by atoms with Crippen molar-refractivity contribution >= 4 is 22.6 Å². The third-order valence-corrected chi connectivity index (χ3v) is 3.79. The van der Waals surface area contributed by atoms with Crippen LogP contribution in [0.2, 0.25) is 0 Å². The lowest BCUT2D eigenvalue weighted by molar-refractivity contribution is 0.0264. The first-order valence-electron chi connectivity index (χ1n) is 4.99. The average Bonchev–Trinajstić information content (AvgIpc) is 2.06. The number of hydrogen-bond donors (Lipinski definition) is 0. The summed E-state index contributed by atoms with van der Waals surface area (Å²) in [6, 6.07) is 0. The van der Waals surface area contributed by atoms with E-state index in [-0.39, 0.29) is 0 Å². The highest BCUT2D eigenvalue weighted by Gasteiger charge is 2.23. The third kappa shape index (κ3) is 3.21. The lowest BCUT2D eigenvalue weighted by Crippen LogP contribution is -2.25. The van der Waals surface area contributed by atoms with Gasteiger partial charge in [-0.15, -0.1) is 0 Å². The van der Waals surface area contributed by atoms with Crippen molar-refractivity contribution in [3.05, 3.63) is 0 Å². The summed E-state index contributed by atoms with van der Waals surface area (Å²) in [5.41, 5.74) is 0. The van der Waals surface area contributed by atoms with Crippen molar-refractivity contribution in [2.24, 2.45) is 5.92 Å². The fourth-order valence-electron chi connectivity index (χ4n) is 1.95. The second kappa shape index (κ2) is 5.43. The smallest absolute Gasteiger partial charge is 0.0575 e. The Morgan fingerprint density at radius 1 is 1.33 bits per heavy atom. The molecule has 72 valence electrons. The molecule has 1 saturated carbocycles. The van der Waals surface area contributed by atoms with Crippen LogP contribution in [-0.4, -0.2) is 16.6 Å². The van der Waals surface area contributed by atoms with E-state index in [0.29, 0.717) is 6.10 Å². The molecular weight excluding hydrogens is 263 g/mol. The van der Waals surface area contributed by atoms with Crippen LogP contribution in [0.1, 0.15) is 39.5 Å². The van der Waals surface area contributed by atoms with Gasteiger partial charge in [0.1, 0.15) is 0 Å². The van der Waals surface area contributed by atoms with Crippen molar-refractivity contribution in [1.82, 2.24) is 0 Å². The molecule has 1 aliphatic rings. The van der Waals surface area contributed by atoms with Gasteiger partial charge in [-0.05, 0) is 38.5 Å². The van der Waals surface area contributed by atoms with Gasteiger partial charge in [0.05, 0.1) is 6.10 Å². The fourth-order valence-corrected chi connectivity index (χ4v) is 2.67. The molecule has 0 aromatic heterocycles. The zero-order chi connectivity index (χ0) is 8.97. The standard InChI is InChI=1S/C10H19IO/c1-3-12-10-6-4-9(5-7-10)8(2)11/h8-10H,3-7H2,1-2H3/t8?,9-,10-. The van der Waals surface area contributed by atoms with E-state index in [2.05, 4.69) is 36.4 Å². The first-order chi connectivity index (χ1) is 5.74. The second-order valence-corrected chi connectivity index (χ2v) is 5.63. The van der Waals surface area contributed by atoms with Crippen molar-refractivity contribution in [3.63, 3.8) is 0 Å². The normalized spacial score (nSPS) is 33.2. The summed E-state index contributed by atoms with van der Waals surface area (Å²) in [6.45, 7) is 5.30. The van der Waals surface area contributed by atoms with E-state index < -0.39 is 0 Å². The molecule has 0 aromatic rings. The molecule has 1 fully saturated rings. The molecule has 12 heavy (non-hydrogen) atoms. The topological polar surface area (TPSA) is 9.23 Å². The lowest BCUT2D eigenvalue weighted by Gasteiger charge is -2.29. The number of hydrogen-bond acceptors (Lipinski definition) is 1. The summed E-state index contributed by atoms with van der Waals surface area (Å²) in [6.07, 6.45) is 5.88. The third-order valence-electron chi connectivity index (χ3n) is 2.77. The van der Waals surface area contributed by atoms with Crippen LogP contribution < -0.4 is 0 Å². The minimum Gasteiger partial charge on any atom is -0.379 e. The monoisotopic (exact) mass is 282 g/mol. The molecule has 0 amide bonds. The Kier molecular flexibility index (Phi) is 4.87. The maximum absolute atomic E-state index is 5.61. The predicted octanol–water partition coefficient (Wildman–Crippen LogP) is 3.41. The van der Waals surface area contributed by atoms with Crippen LogP contribution in [0.15, 0.2) is 0 Å². The maximum Gasteiger partial charge on any atom is 0.0575 e. The van der Waals surface area contributed by atoms with Gasteiger partial charge in [-0.2, -0.15) is 0 Å². The highest BCUT2D eigenvalue weighted by molar-refractivity contribution is 14.1. The number of halogens is 1. The predicted molar refractivity (Wildman–Crippen MR) is 60.9 cm³/mol. The lowest BCUT2D eigenvalue weighted by atomic mass is 9.86. The van der Waals surface area contributed by atoms with E-state index in [9.17, 15) is 0 Å². The molecule has 1 rings (SSSR count). The van der Waals surface area contributed by atoms with Crippen LogP contribution in [-0.2, 0) is 4.74 Å². The fraction of sp³-hybridized carbons (Fsp3) is 1.00. The summed E-state index contributed by atoms with van der Waals surface area (Å²) in [5.74, 6) is 0.947. The summed E-state index contributed by atoms with van der Waals surface area (Å²) < 4.78 is 6.45. The molecule has 1 unspecified atom stereocenters. The molecule has 0 radical (unpaired) electrons. The van der Waals surface area contributed by atoms with Gasteiger partial charge in [0.2, 0.25) is 0 Å². The van der Waals surface area contributed by atoms with Crippen LogP contribution in [0.3, 0.4) is 0 Å². The Bertz CT molecular complexity index is 117. The van der Waals surface area contributed by atoms with Gasteiger partial charge in [0, 0.05) is 10.5 Å². The maximum atomic E-state index is 5.61. The Hall–Kier alpha value is 0.690. The molecule has 0 N–H and O–H groups in total. The van der Waals surface area contributed by atoms with Crippen molar-refractivity contribution in [2.75, 3.05) is 6.61 Å². The SMILES string of the molecule is CCO[C@H]1CC[C@H](C(C)I)CC1. The van der Waals surface area contributed by atoms with Crippen LogP contribution in [0.25, 0.3) is 0 Å². The van der Waals surface area contributed by atoms with E-state index >= 15 is 0 Å². The van der Waals surface area contributed by atoms with E-state index in [1.807, 2.05) is 0 Å². The highest BCUT2D eigenvalue weighted by Crippen LogP contribution is 2.31. The number of rotatable bonds is 3. The molecular formula is C10H19IO. The summed E-state index contributed by atoms with van der Waals surface area (Å²) in [4.78, 5) is 0. The Balaban J connectivity index is 2.20. The molecule has 2 heteroatoms. The van der Waals surface area contributed by atoms with Gasteiger partial charge in [-0.3, -0.25) is 0 Å². The summed E-state index contributed by atoms with van der Waals surface area (Å²) in [5, 5.41) is 0. The van der Waals surface area contributed by atoms with Crippen molar-refractivity contribution in [2.45, 2.75) is 49.6 Å². The highest BCUT2D eigenvalue weighted by atomic mass is 127. The van der Waals surface area contributed by atoms with E-state index in [4.69, 9.17) is 4.74 Å². The van der Waals surface area contributed by atoms with Gasteiger partial charge in [0.25, 0.3) is 0 Å². The molecule has 1 nitrogen and oxygen atoms in total. The Morgan fingerprint density at radius 2 is 1.92 bits per heavy atom. The Labute approximate surface area is 89.4 Å². The van der Waals surface area contributed by atoms with E-state index in [0.717, 1.165) is 16.4 Å². The van der Waals surface area contributed by atoms with Gasteiger partial charge in [-0.1, -0.05) is 29.5 Å². The first-order valence-corrected chi connectivity index (χ1v) is 6.24. The Morgan fingerprint density at radius 3 is 2.33 bits per heavy atom. The first kappa shape index (κ1) is 10.8. The quantitative estimate of drug-likeness (QED) is 0.569. The molecule has 0 aliphatic heterocycles. The van der Waals surface area contributed by atoms with Crippen molar-refractivity contribution in [3.8, 4) is 0 Å². The van der Waals surface area contributed by atoms with Gasteiger partial charge >= 0.3 is 0 Å². The molecule has 0 saturated heterocycles. The van der Waals surface area contributed by atoms with E-state index in [1.54, 1.807) is 0 Å². The summed E-state index contributed by atoms with van der Waals surface area (Å²) >= 11 is 2.55. The molecule has 0 spiro atoms. The van der Waals surface area contributed by atoms with Crippen molar-refractivity contribution < 1.29 is 4.74 Å². The summed E-state index contributed by atoms with van der Waals surface area (Å²) in [7, 11) is 0. The largest absolute Gasteiger partial charge is 0.379 e. The van der Waals surface area contributed by atoms with Gasteiger partial charge < -0.3 is 4.74 Å². The number of ether oxygens (including phenoxy) is 1. The van der Waals surface area contributed by atoms with Gasteiger partial charge in [0.15, 0.2) is 0 Å². The molecule has 0 bridgehead atoms. The zero-order valence-electron chi connectivity index (χ0n) is 8.05. The second-order valence-electron chi connectivity index (χ2n) is 3.67. The van der Waals surface area contributed by atoms with Crippen molar-refractivity contribution in [1.29, 1.82) is 0 Å². The molecule has 1 atom stereocenters. The van der Waals surface area contributed by atoms with Gasteiger partial charge in [-0.25, -0.2) is 0 Å². The van der Waals surface area contributed by atoms with Crippen LogP contribution in [0, 0.1) is 5.92 Å².